The second-order valence-electron chi connectivity index (χ2n) is 9.39. The van der Waals surface area contributed by atoms with Crippen molar-refractivity contribution in [2.45, 2.75) is 18.9 Å². The smallest absolute Gasteiger partial charge is 0.252 e. The Morgan fingerprint density at radius 3 is 2.25 bits per heavy atom. The van der Waals surface area contributed by atoms with Gasteiger partial charge in [0.2, 0.25) is 5.91 Å². The standard InChI is InChI=1S/C31H35N3O6/c1-34(13-12-20-10-11-28(39-4)29(14-20)40-5)31(36)27(17-22-19-32-26-9-7-6-8-25(22)26)33-30(35)21-15-23(37-2)18-24(16-21)38-3/h6-11,14-16,18-19,27,32H,12-13,17H2,1-5H3,(H,33,35). The van der Waals surface area contributed by atoms with Crippen molar-refractivity contribution in [2.75, 3.05) is 42.0 Å². The third kappa shape index (κ3) is 6.48. The van der Waals surface area contributed by atoms with Crippen molar-refractivity contribution in [1.82, 2.24) is 15.2 Å². The molecule has 9 heteroatoms. The topological polar surface area (TPSA) is 102 Å². The molecule has 1 atom stereocenters. The van der Waals surface area contributed by atoms with Crippen LogP contribution in [-0.4, -0.2) is 69.8 Å². The third-order valence-electron chi connectivity index (χ3n) is 6.88. The molecule has 210 valence electrons. The van der Waals surface area contributed by atoms with Crippen LogP contribution in [0.5, 0.6) is 23.0 Å². The molecular formula is C31H35N3O6. The van der Waals surface area contributed by atoms with Gasteiger partial charge in [0.25, 0.3) is 5.91 Å². The molecule has 0 aliphatic carbocycles. The predicted molar refractivity (Wildman–Crippen MR) is 154 cm³/mol. The zero-order valence-corrected chi connectivity index (χ0v) is 23.4. The Morgan fingerprint density at radius 1 is 0.875 bits per heavy atom. The second-order valence-corrected chi connectivity index (χ2v) is 9.39. The summed E-state index contributed by atoms with van der Waals surface area (Å²) in [6.45, 7) is 0.446. The first-order valence-corrected chi connectivity index (χ1v) is 12.9. The monoisotopic (exact) mass is 545 g/mol. The molecule has 0 spiro atoms. The Balaban J connectivity index is 1.56. The zero-order chi connectivity index (χ0) is 28.6. The average Bonchev–Trinajstić information content (AvgIpc) is 3.41. The van der Waals surface area contributed by atoms with Crippen LogP contribution in [0.2, 0.25) is 0 Å². The highest BCUT2D eigenvalue weighted by Crippen LogP contribution is 2.28. The minimum absolute atomic E-state index is 0.200. The summed E-state index contributed by atoms with van der Waals surface area (Å²) >= 11 is 0. The lowest BCUT2D eigenvalue weighted by atomic mass is 10.0. The minimum Gasteiger partial charge on any atom is -0.497 e. The number of hydrogen-bond acceptors (Lipinski definition) is 6. The number of benzene rings is 3. The fourth-order valence-electron chi connectivity index (χ4n) is 4.61. The third-order valence-corrected chi connectivity index (χ3v) is 6.88. The number of carbonyl (C=O) groups is 2. The van der Waals surface area contributed by atoms with E-state index in [1.54, 1.807) is 44.4 Å². The number of carbonyl (C=O) groups excluding carboxylic acids is 2. The molecule has 1 unspecified atom stereocenters. The molecule has 0 bridgehead atoms. The number of methoxy groups -OCH3 is 4. The molecule has 1 heterocycles. The van der Waals surface area contributed by atoms with E-state index in [0.717, 1.165) is 22.0 Å². The molecule has 9 nitrogen and oxygen atoms in total. The average molecular weight is 546 g/mol. The van der Waals surface area contributed by atoms with Crippen LogP contribution in [0.3, 0.4) is 0 Å². The Kier molecular flexibility index (Phi) is 9.16. The normalized spacial score (nSPS) is 11.5. The maximum absolute atomic E-state index is 13.8. The SMILES string of the molecule is COc1cc(OC)cc(C(=O)NC(Cc2c[nH]c3ccccc23)C(=O)N(C)CCc2ccc(OC)c(OC)c2)c1. The van der Waals surface area contributed by atoms with Gasteiger partial charge in [-0.1, -0.05) is 24.3 Å². The summed E-state index contributed by atoms with van der Waals surface area (Å²) in [5, 5.41) is 3.96. The number of fused-ring (bicyclic) bond motifs is 1. The molecule has 0 radical (unpaired) electrons. The van der Waals surface area contributed by atoms with E-state index in [1.165, 1.54) is 14.2 Å². The quantitative estimate of drug-likeness (QED) is 0.276. The lowest BCUT2D eigenvalue weighted by Gasteiger charge is -2.25. The first kappa shape index (κ1) is 28.4. The number of likely N-dealkylation sites (N-methyl/N-ethyl adjacent to an activating group) is 1. The lowest BCUT2D eigenvalue weighted by Crippen LogP contribution is -2.49. The van der Waals surface area contributed by atoms with Gasteiger partial charge in [0.1, 0.15) is 17.5 Å². The molecule has 0 saturated heterocycles. The maximum atomic E-state index is 13.8. The largest absolute Gasteiger partial charge is 0.497 e. The van der Waals surface area contributed by atoms with Crippen LogP contribution >= 0.6 is 0 Å². The summed E-state index contributed by atoms with van der Waals surface area (Å²) in [5.74, 6) is 1.64. The number of nitrogens with zero attached hydrogens (tertiary/aromatic N) is 1. The van der Waals surface area contributed by atoms with Crippen molar-refractivity contribution in [3.8, 4) is 23.0 Å². The Hall–Kier alpha value is -4.66. The van der Waals surface area contributed by atoms with Crippen molar-refractivity contribution >= 4 is 22.7 Å². The molecule has 40 heavy (non-hydrogen) atoms. The van der Waals surface area contributed by atoms with Gasteiger partial charge in [0.05, 0.1) is 28.4 Å². The summed E-state index contributed by atoms with van der Waals surface area (Å²) in [7, 11) is 7.97. The van der Waals surface area contributed by atoms with Gasteiger partial charge >= 0.3 is 0 Å². The molecule has 1 aromatic heterocycles. The van der Waals surface area contributed by atoms with Crippen LogP contribution in [0.15, 0.2) is 66.9 Å². The van der Waals surface area contributed by atoms with E-state index in [0.29, 0.717) is 47.9 Å². The van der Waals surface area contributed by atoms with E-state index in [1.807, 2.05) is 48.7 Å². The van der Waals surface area contributed by atoms with E-state index in [-0.39, 0.29) is 5.91 Å². The molecule has 0 saturated carbocycles. The van der Waals surface area contributed by atoms with E-state index < -0.39 is 11.9 Å². The van der Waals surface area contributed by atoms with Crippen LogP contribution < -0.4 is 24.3 Å². The van der Waals surface area contributed by atoms with Crippen LogP contribution in [-0.2, 0) is 17.6 Å². The number of para-hydroxylation sites is 1. The first-order valence-electron chi connectivity index (χ1n) is 12.9. The van der Waals surface area contributed by atoms with Gasteiger partial charge < -0.3 is 34.1 Å². The molecule has 2 N–H and O–H groups in total. The Morgan fingerprint density at radius 2 is 1.57 bits per heavy atom. The van der Waals surface area contributed by atoms with Gasteiger partial charge in [-0.3, -0.25) is 9.59 Å². The molecule has 0 fully saturated rings. The highest BCUT2D eigenvalue weighted by atomic mass is 16.5. The summed E-state index contributed by atoms with van der Waals surface area (Å²) in [6, 6.07) is 17.7. The summed E-state index contributed by atoms with van der Waals surface area (Å²) in [6.07, 6.45) is 2.80. The van der Waals surface area contributed by atoms with Crippen molar-refractivity contribution in [1.29, 1.82) is 0 Å². The molecule has 0 aliphatic rings. The van der Waals surface area contributed by atoms with E-state index in [9.17, 15) is 9.59 Å². The number of aromatic nitrogens is 1. The van der Waals surface area contributed by atoms with Crippen molar-refractivity contribution in [2.24, 2.45) is 0 Å². The van der Waals surface area contributed by atoms with Gasteiger partial charge in [-0.05, 0) is 47.9 Å². The van der Waals surface area contributed by atoms with Gasteiger partial charge in [0, 0.05) is 48.7 Å². The first-order chi connectivity index (χ1) is 19.4. The minimum atomic E-state index is -0.806. The lowest BCUT2D eigenvalue weighted by molar-refractivity contribution is -0.131. The van der Waals surface area contributed by atoms with Crippen molar-refractivity contribution in [3.63, 3.8) is 0 Å². The number of H-pyrrole nitrogens is 1. The van der Waals surface area contributed by atoms with Crippen LogP contribution in [0.4, 0.5) is 0 Å². The van der Waals surface area contributed by atoms with Gasteiger partial charge in [-0.25, -0.2) is 0 Å². The fourth-order valence-corrected chi connectivity index (χ4v) is 4.61. The van der Waals surface area contributed by atoms with Crippen LogP contribution in [0, 0.1) is 0 Å². The molecule has 0 aliphatic heterocycles. The summed E-state index contributed by atoms with van der Waals surface area (Å²) in [4.78, 5) is 32.1. The van der Waals surface area contributed by atoms with Crippen LogP contribution in [0.1, 0.15) is 21.5 Å². The van der Waals surface area contributed by atoms with Crippen molar-refractivity contribution in [3.05, 3.63) is 83.6 Å². The molecular weight excluding hydrogens is 510 g/mol. The van der Waals surface area contributed by atoms with E-state index >= 15 is 0 Å². The molecule has 2 amide bonds. The number of nitrogens with one attached hydrogen (secondary N) is 2. The highest BCUT2D eigenvalue weighted by Gasteiger charge is 2.26. The zero-order valence-electron chi connectivity index (χ0n) is 23.4. The highest BCUT2D eigenvalue weighted by molar-refractivity contribution is 5.98. The molecule has 4 aromatic rings. The molecule has 4 rings (SSSR count). The number of amides is 2. The Bertz CT molecular complexity index is 1460. The number of ether oxygens (including phenoxy) is 4. The number of rotatable bonds is 12. The van der Waals surface area contributed by atoms with Gasteiger partial charge in [-0.15, -0.1) is 0 Å². The maximum Gasteiger partial charge on any atom is 0.252 e. The second kappa shape index (κ2) is 12.9. The predicted octanol–water partition coefficient (Wildman–Crippen LogP) is 4.24. The number of aromatic amines is 1. The fraction of sp³-hybridized carbons (Fsp3) is 0.290. The summed E-state index contributed by atoms with van der Waals surface area (Å²) < 4.78 is 21.4. The number of hydrogen-bond donors (Lipinski definition) is 2. The van der Waals surface area contributed by atoms with E-state index in [4.69, 9.17) is 18.9 Å². The Labute approximate surface area is 234 Å². The van der Waals surface area contributed by atoms with Crippen LogP contribution in [0.25, 0.3) is 10.9 Å². The van der Waals surface area contributed by atoms with Crippen molar-refractivity contribution < 1.29 is 28.5 Å². The summed E-state index contributed by atoms with van der Waals surface area (Å²) in [5.41, 5.74) is 3.24. The molecule has 3 aromatic carbocycles. The van der Waals surface area contributed by atoms with E-state index in [2.05, 4.69) is 10.3 Å². The van der Waals surface area contributed by atoms with Gasteiger partial charge in [0.15, 0.2) is 11.5 Å². The van der Waals surface area contributed by atoms with Gasteiger partial charge in [-0.2, -0.15) is 0 Å².